The van der Waals surface area contributed by atoms with Crippen LogP contribution in [0.2, 0.25) is 10.0 Å². The number of rotatable bonds is 15. The van der Waals surface area contributed by atoms with E-state index >= 15 is 0 Å². The molecule has 0 spiro atoms. The van der Waals surface area contributed by atoms with Crippen LogP contribution in [0.1, 0.15) is 66.0 Å². The van der Waals surface area contributed by atoms with Crippen molar-refractivity contribution in [2.75, 3.05) is 31.6 Å². The average molecular weight is 776 g/mol. The van der Waals surface area contributed by atoms with E-state index in [2.05, 4.69) is 39.3 Å². The van der Waals surface area contributed by atoms with Crippen molar-refractivity contribution in [1.82, 2.24) is 15.5 Å². The highest BCUT2D eigenvalue weighted by Crippen LogP contribution is 2.32. The first-order valence-corrected chi connectivity index (χ1v) is 17.3. The molecule has 0 fully saturated rings. The van der Waals surface area contributed by atoms with Gasteiger partial charge in [-0.3, -0.25) is 25.1 Å². The zero-order chi connectivity index (χ0) is 39.8. The molecule has 2 aromatic carbocycles. The fourth-order valence-electron chi connectivity index (χ4n) is 4.11. The molecule has 0 aliphatic heterocycles. The van der Waals surface area contributed by atoms with Crippen LogP contribution < -0.4 is 20.7 Å². The number of carbonyl (C=O) groups excluding carboxylic acids is 4. The molecule has 3 N–H and O–H groups in total. The van der Waals surface area contributed by atoms with Crippen molar-refractivity contribution < 1.29 is 38.2 Å². The Labute approximate surface area is 320 Å². The minimum atomic E-state index is -0.860. The molecule has 0 aromatic heterocycles. The summed E-state index contributed by atoms with van der Waals surface area (Å²) in [5.41, 5.74) is -0.114. The van der Waals surface area contributed by atoms with Gasteiger partial charge in [-0.2, -0.15) is 0 Å². The van der Waals surface area contributed by atoms with Gasteiger partial charge >= 0.3 is 12.2 Å². The number of benzene rings is 2. The second-order valence-corrected chi connectivity index (χ2v) is 14.0. The van der Waals surface area contributed by atoms with Crippen molar-refractivity contribution >= 4 is 64.6 Å². The molecule has 2 aromatic rings. The Kier molecular flexibility index (Phi) is 17.3. The lowest BCUT2D eigenvalue weighted by Gasteiger charge is -2.26. The number of alkyl carbamates (subject to hydrolysis) is 1. The molecule has 0 aliphatic rings. The molecule has 0 saturated heterocycles. The van der Waals surface area contributed by atoms with Crippen LogP contribution in [0.4, 0.5) is 15.3 Å². The second kappa shape index (κ2) is 20.8. The smallest absolute Gasteiger partial charge is 0.414 e. The Morgan fingerprint density at radius 1 is 0.887 bits per heavy atom. The van der Waals surface area contributed by atoms with Crippen LogP contribution in [0.3, 0.4) is 0 Å². The summed E-state index contributed by atoms with van der Waals surface area (Å²) in [5, 5.41) is 11.9. The Bertz CT molecular complexity index is 1660. The van der Waals surface area contributed by atoms with Gasteiger partial charge in [0.1, 0.15) is 36.7 Å². The number of hydrogen-bond donors (Lipinski definition) is 3. The topological polar surface area (TPSA) is 169 Å². The van der Waals surface area contributed by atoms with Gasteiger partial charge < -0.3 is 24.4 Å². The van der Waals surface area contributed by atoms with Crippen molar-refractivity contribution in [3.63, 3.8) is 0 Å². The van der Waals surface area contributed by atoms with E-state index < -0.39 is 35.2 Å². The number of nitrogens with one attached hydrogen (secondary N) is 3. The Balaban J connectivity index is 2.28. The third-order valence-corrected chi connectivity index (χ3v) is 6.78. The molecule has 16 heteroatoms. The van der Waals surface area contributed by atoms with Crippen LogP contribution >= 0.6 is 23.2 Å². The highest BCUT2D eigenvalue weighted by Gasteiger charge is 2.24. The first-order chi connectivity index (χ1) is 24.8. The summed E-state index contributed by atoms with van der Waals surface area (Å²) in [5.74, 6) is -0.768. The number of carbonyl (C=O) groups is 4. The normalized spacial score (nSPS) is 11.9. The number of ether oxygens (including phenoxy) is 3. The SMILES string of the molecule is C=CCOc1ccc(/C(CC(=O)NC(=NCc2cc(Cl)c(NC(=O)CN(CC=C)C(=O)OC(C)(C)C)c(Cl)c2)NC(=O)OC(C)(C)C)=N\OCC)cc1. The van der Waals surface area contributed by atoms with E-state index in [0.29, 0.717) is 29.2 Å². The van der Waals surface area contributed by atoms with Crippen LogP contribution in [-0.2, 0) is 30.4 Å². The third-order valence-electron chi connectivity index (χ3n) is 6.19. The molecule has 0 radical (unpaired) electrons. The maximum atomic E-state index is 13.3. The zero-order valence-corrected chi connectivity index (χ0v) is 32.7. The van der Waals surface area contributed by atoms with Gasteiger partial charge in [0, 0.05) is 12.1 Å². The Hall–Kier alpha value is -5.08. The molecule has 0 heterocycles. The molecule has 288 valence electrons. The van der Waals surface area contributed by atoms with Crippen molar-refractivity contribution in [3.8, 4) is 5.75 Å². The molecule has 53 heavy (non-hydrogen) atoms. The second-order valence-electron chi connectivity index (χ2n) is 13.2. The first-order valence-electron chi connectivity index (χ1n) is 16.6. The Morgan fingerprint density at radius 2 is 1.51 bits per heavy atom. The lowest BCUT2D eigenvalue weighted by molar-refractivity contribution is -0.118. The lowest BCUT2D eigenvalue weighted by atomic mass is 10.1. The van der Waals surface area contributed by atoms with Crippen molar-refractivity contribution in [2.45, 2.75) is 72.6 Å². The summed E-state index contributed by atoms with van der Waals surface area (Å²) < 4.78 is 16.3. The number of aliphatic imine (C=N–C) groups is 1. The molecular weight excluding hydrogens is 727 g/mol. The standard InChI is InChI=1S/C37H48Cl2N6O8/c1-10-17-45(35(49)53-37(7,8)9)23-31(47)41-32-27(38)19-24(20-28(32)39)22-40-33(43-34(48)52-36(4,5)6)42-30(46)21-29(44-51-12-3)25-13-15-26(16-14-25)50-18-11-2/h10-11,13-16,19-20H,1-2,12,17-18,21-23H2,3-9H3,(H,41,47)(H2,40,42,43,46,48)/b44-29-. The summed E-state index contributed by atoms with van der Waals surface area (Å²) in [6, 6.07) is 9.92. The Morgan fingerprint density at radius 3 is 2.06 bits per heavy atom. The maximum Gasteiger partial charge on any atom is 0.414 e. The summed E-state index contributed by atoms with van der Waals surface area (Å²) >= 11 is 13.0. The number of guanidine groups is 1. The van der Waals surface area contributed by atoms with E-state index in [-0.39, 0.29) is 54.4 Å². The highest BCUT2D eigenvalue weighted by atomic mass is 35.5. The van der Waals surface area contributed by atoms with E-state index in [1.165, 1.54) is 23.1 Å². The van der Waals surface area contributed by atoms with Gasteiger partial charge in [-0.1, -0.05) is 47.1 Å². The number of anilines is 1. The molecule has 0 unspecified atom stereocenters. The van der Waals surface area contributed by atoms with Gasteiger partial charge in [0.05, 0.1) is 34.4 Å². The molecule has 0 atom stereocenters. The van der Waals surface area contributed by atoms with Crippen LogP contribution in [0.25, 0.3) is 0 Å². The van der Waals surface area contributed by atoms with E-state index in [1.54, 1.807) is 78.8 Å². The largest absolute Gasteiger partial charge is 0.490 e. The lowest BCUT2D eigenvalue weighted by Crippen LogP contribution is -2.46. The van der Waals surface area contributed by atoms with Gasteiger partial charge in [-0.25, -0.2) is 14.6 Å². The van der Waals surface area contributed by atoms with Gasteiger partial charge in [-0.15, -0.1) is 6.58 Å². The van der Waals surface area contributed by atoms with E-state index in [9.17, 15) is 19.2 Å². The van der Waals surface area contributed by atoms with Crippen molar-refractivity contribution in [3.05, 3.63) is 82.9 Å². The third kappa shape index (κ3) is 16.9. The molecule has 0 bridgehead atoms. The fourth-order valence-corrected chi connectivity index (χ4v) is 4.74. The van der Waals surface area contributed by atoms with Crippen LogP contribution in [0.15, 0.2) is 71.9 Å². The summed E-state index contributed by atoms with van der Waals surface area (Å²) in [4.78, 5) is 62.3. The molecule has 4 amide bonds. The van der Waals surface area contributed by atoms with Gasteiger partial charge in [-0.05, 0) is 90.4 Å². The fraction of sp³-hybridized carbons (Fsp3) is 0.405. The van der Waals surface area contributed by atoms with E-state index in [0.717, 1.165) is 0 Å². The summed E-state index contributed by atoms with van der Waals surface area (Å²) in [6.07, 6.45) is 1.29. The zero-order valence-electron chi connectivity index (χ0n) is 31.1. The summed E-state index contributed by atoms with van der Waals surface area (Å²) in [6.45, 7) is 19.4. The predicted octanol–water partition coefficient (Wildman–Crippen LogP) is 7.25. The molecule has 14 nitrogen and oxygen atoms in total. The average Bonchev–Trinajstić information content (AvgIpc) is 3.04. The van der Waals surface area contributed by atoms with Crippen molar-refractivity contribution in [2.24, 2.45) is 10.1 Å². The van der Waals surface area contributed by atoms with E-state index in [4.69, 9.17) is 42.3 Å². The number of nitrogens with zero attached hydrogens (tertiary/aromatic N) is 3. The van der Waals surface area contributed by atoms with Gasteiger partial charge in [0.2, 0.25) is 17.8 Å². The minimum absolute atomic E-state index is 0.0660. The predicted molar refractivity (Wildman–Crippen MR) is 207 cm³/mol. The van der Waals surface area contributed by atoms with Crippen molar-refractivity contribution in [1.29, 1.82) is 0 Å². The van der Waals surface area contributed by atoms with Gasteiger partial charge in [0.25, 0.3) is 0 Å². The number of amides is 4. The monoisotopic (exact) mass is 774 g/mol. The number of oxime groups is 1. The molecular formula is C37H48Cl2N6O8. The molecule has 0 saturated carbocycles. The number of hydrogen-bond acceptors (Lipinski definition) is 10. The quantitative estimate of drug-likeness (QED) is 0.0736. The summed E-state index contributed by atoms with van der Waals surface area (Å²) in [7, 11) is 0. The van der Waals surface area contributed by atoms with Crippen LogP contribution in [0.5, 0.6) is 5.75 Å². The first kappa shape index (κ1) is 44.1. The van der Waals surface area contributed by atoms with E-state index in [1.807, 2.05) is 0 Å². The van der Waals surface area contributed by atoms with Crippen LogP contribution in [0, 0.1) is 0 Å². The molecule has 2 rings (SSSR count). The number of halogens is 2. The maximum absolute atomic E-state index is 13.3. The van der Waals surface area contributed by atoms with Gasteiger partial charge in [0.15, 0.2) is 0 Å². The highest BCUT2D eigenvalue weighted by molar-refractivity contribution is 6.40. The van der Waals surface area contributed by atoms with Crippen LogP contribution in [-0.4, -0.2) is 78.1 Å². The minimum Gasteiger partial charge on any atom is -0.490 e. The molecule has 0 aliphatic carbocycles.